The molecule has 1 aromatic heterocycles. The lowest BCUT2D eigenvalue weighted by Gasteiger charge is -2.25. The molecule has 0 radical (unpaired) electrons. The molecule has 1 aliphatic rings. The summed E-state index contributed by atoms with van der Waals surface area (Å²) >= 11 is 2.29. The zero-order valence-electron chi connectivity index (χ0n) is 9.57. The summed E-state index contributed by atoms with van der Waals surface area (Å²) in [4.78, 5) is 11.1. The second-order valence-corrected chi connectivity index (χ2v) is 5.24. The van der Waals surface area contributed by atoms with E-state index in [0.717, 1.165) is 40.3 Å². The Labute approximate surface area is 109 Å². The Morgan fingerprint density at radius 1 is 1.44 bits per heavy atom. The molecule has 4 nitrogen and oxygen atoms in total. The van der Waals surface area contributed by atoms with Gasteiger partial charge in [0.05, 0.1) is 21.9 Å². The molecule has 1 aliphatic heterocycles. The van der Waals surface area contributed by atoms with E-state index in [1.165, 1.54) is 0 Å². The van der Waals surface area contributed by atoms with Crippen LogP contribution < -0.4 is 4.90 Å². The summed E-state index contributed by atoms with van der Waals surface area (Å²) in [6.07, 6.45) is 2.18. The number of hydrogen-bond acceptors (Lipinski definition) is 4. The number of aliphatic hydroxyl groups is 1. The third kappa shape index (κ3) is 2.15. The fourth-order valence-corrected chi connectivity index (χ4v) is 2.73. The Morgan fingerprint density at radius 2 is 2.19 bits per heavy atom. The van der Waals surface area contributed by atoms with Crippen LogP contribution in [0.3, 0.4) is 0 Å². The van der Waals surface area contributed by atoms with Gasteiger partial charge in [-0.2, -0.15) is 0 Å². The fraction of sp³-hybridized carbons (Fsp3) is 0.636. The van der Waals surface area contributed by atoms with Gasteiger partial charge in [0.1, 0.15) is 11.6 Å². The molecule has 0 bridgehead atoms. The van der Waals surface area contributed by atoms with E-state index in [1.54, 1.807) is 0 Å². The minimum absolute atomic E-state index is 0.207. The second-order valence-electron chi connectivity index (χ2n) is 4.17. The number of halogens is 1. The zero-order chi connectivity index (χ0) is 11.7. The van der Waals surface area contributed by atoms with Gasteiger partial charge in [-0.05, 0) is 49.3 Å². The molecule has 1 atom stereocenters. The lowest BCUT2D eigenvalue weighted by atomic mass is 10.2. The van der Waals surface area contributed by atoms with Gasteiger partial charge in [0, 0.05) is 6.54 Å². The van der Waals surface area contributed by atoms with Gasteiger partial charge in [0.15, 0.2) is 0 Å². The molecule has 16 heavy (non-hydrogen) atoms. The molecule has 1 N–H and O–H groups in total. The van der Waals surface area contributed by atoms with Crippen LogP contribution in [0.15, 0.2) is 0 Å². The number of aryl methyl sites for hydroxylation is 2. The van der Waals surface area contributed by atoms with E-state index in [1.807, 2.05) is 13.8 Å². The largest absolute Gasteiger partial charge is 0.394 e. The van der Waals surface area contributed by atoms with Gasteiger partial charge in [-0.15, -0.1) is 0 Å². The molecule has 0 saturated carbocycles. The maximum absolute atomic E-state index is 9.34. The summed E-state index contributed by atoms with van der Waals surface area (Å²) in [6.45, 7) is 5.11. The van der Waals surface area contributed by atoms with Gasteiger partial charge in [-0.3, -0.25) is 0 Å². The normalized spacial score (nSPS) is 20.5. The van der Waals surface area contributed by atoms with Crippen LogP contribution in [0.2, 0.25) is 0 Å². The van der Waals surface area contributed by atoms with Crippen molar-refractivity contribution in [2.24, 2.45) is 0 Å². The summed E-state index contributed by atoms with van der Waals surface area (Å²) in [7, 11) is 0. The van der Waals surface area contributed by atoms with Crippen LogP contribution in [0.4, 0.5) is 5.82 Å². The molecule has 5 heteroatoms. The lowest BCUT2D eigenvalue weighted by Crippen LogP contribution is -2.33. The quantitative estimate of drug-likeness (QED) is 0.837. The van der Waals surface area contributed by atoms with Crippen LogP contribution in [0, 0.1) is 17.4 Å². The summed E-state index contributed by atoms with van der Waals surface area (Å²) < 4.78 is 1.10. The van der Waals surface area contributed by atoms with E-state index in [-0.39, 0.29) is 12.6 Å². The van der Waals surface area contributed by atoms with E-state index >= 15 is 0 Å². The molecule has 88 valence electrons. The van der Waals surface area contributed by atoms with Crippen LogP contribution in [0.5, 0.6) is 0 Å². The minimum atomic E-state index is 0.207. The highest BCUT2D eigenvalue weighted by Gasteiger charge is 2.27. The van der Waals surface area contributed by atoms with Gasteiger partial charge < -0.3 is 10.0 Å². The first kappa shape index (κ1) is 12.0. The van der Waals surface area contributed by atoms with Crippen molar-refractivity contribution in [3.63, 3.8) is 0 Å². The number of aliphatic hydroxyl groups excluding tert-OH is 1. The van der Waals surface area contributed by atoms with Crippen LogP contribution in [-0.4, -0.2) is 34.3 Å². The Kier molecular flexibility index (Phi) is 3.63. The molecule has 0 aromatic carbocycles. The van der Waals surface area contributed by atoms with Crippen molar-refractivity contribution in [3.8, 4) is 0 Å². The SMILES string of the molecule is Cc1nc(C)c(I)c(N2CCC[C@H]2CO)n1. The molecule has 0 unspecified atom stereocenters. The summed E-state index contributed by atoms with van der Waals surface area (Å²) in [5, 5.41) is 9.34. The predicted molar refractivity (Wildman–Crippen MR) is 71.7 cm³/mol. The van der Waals surface area contributed by atoms with Crippen molar-refractivity contribution in [3.05, 3.63) is 15.1 Å². The molecular formula is C11H16IN3O. The van der Waals surface area contributed by atoms with Crippen molar-refractivity contribution in [1.82, 2.24) is 9.97 Å². The molecule has 1 saturated heterocycles. The fourth-order valence-electron chi connectivity index (χ4n) is 2.18. The molecule has 2 heterocycles. The maximum atomic E-state index is 9.34. The third-order valence-corrected chi connectivity index (χ3v) is 4.23. The topological polar surface area (TPSA) is 49.2 Å². The number of nitrogens with zero attached hydrogens (tertiary/aromatic N) is 3. The maximum Gasteiger partial charge on any atom is 0.146 e. The van der Waals surface area contributed by atoms with Crippen molar-refractivity contribution < 1.29 is 5.11 Å². The van der Waals surface area contributed by atoms with Crippen molar-refractivity contribution >= 4 is 28.4 Å². The highest BCUT2D eigenvalue weighted by atomic mass is 127. The average molecular weight is 333 g/mol. The van der Waals surface area contributed by atoms with Crippen molar-refractivity contribution in [2.75, 3.05) is 18.1 Å². The summed E-state index contributed by atoms with van der Waals surface area (Å²) in [5.41, 5.74) is 1.02. The van der Waals surface area contributed by atoms with Crippen LogP contribution in [-0.2, 0) is 0 Å². The lowest BCUT2D eigenvalue weighted by molar-refractivity contribution is 0.266. The number of rotatable bonds is 2. The molecule has 2 rings (SSSR count). The molecule has 0 amide bonds. The van der Waals surface area contributed by atoms with E-state index in [0.29, 0.717) is 0 Å². The molecule has 1 aromatic rings. The average Bonchev–Trinajstić information content (AvgIpc) is 2.71. The van der Waals surface area contributed by atoms with Gasteiger partial charge in [0.25, 0.3) is 0 Å². The van der Waals surface area contributed by atoms with Gasteiger partial charge in [-0.1, -0.05) is 0 Å². The van der Waals surface area contributed by atoms with E-state index in [4.69, 9.17) is 0 Å². The Hall–Kier alpha value is -0.430. The van der Waals surface area contributed by atoms with E-state index in [9.17, 15) is 5.11 Å². The standard InChI is InChI=1S/C11H16IN3O/c1-7-10(12)11(14-8(2)13-7)15-5-3-4-9(15)6-16/h9,16H,3-6H2,1-2H3/t9-/m0/s1. The number of aromatic nitrogens is 2. The first-order chi connectivity index (χ1) is 7.63. The highest BCUT2D eigenvalue weighted by molar-refractivity contribution is 14.1. The second kappa shape index (κ2) is 4.83. The Morgan fingerprint density at radius 3 is 2.88 bits per heavy atom. The van der Waals surface area contributed by atoms with Crippen LogP contribution in [0.25, 0.3) is 0 Å². The number of anilines is 1. The molecular weight excluding hydrogens is 317 g/mol. The summed E-state index contributed by atoms with van der Waals surface area (Å²) in [6, 6.07) is 0.224. The smallest absolute Gasteiger partial charge is 0.146 e. The summed E-state index contributed by atoms with van der Waals surface area (Å²) in [5.74, 6) is 1.79. The van der Waals surface area contributed by atoms with Crippen molar-refractivity contribution in [2.45, 2.75) is 32.7 Å². The zero-order valence-corrected chi connectivity index (χ0v) is 11.7. The third-order valence-electron chi connectivity index (χ3n) is 2.97. The molecule has 0 aliphatic carbocycles. The van der Waals surface area contributed by atoms with Crippen molar-refractivity contribution in [1.29, 1.82) is 0 Å². The Balaban J connectivity index is 2.39. The van der Waals surface area contributed by atoms with Gasteiger partial charge >= 0.3 is 0 Å². The van der Waals surface area contributed by atoms with E-state index < -0.39 is 0 Å². The number of hydrogen-bond donors (Lipinski definition) is 1. The van der Waals surface area contributed by atoms with E-state index in [2.05, 4.69) is 37.5 Å². The first-order valence-electron chi connectivity index (χ1n) is 5.51. The monoisotopic (exact) mass is 333 g/mol. The Bertz CT molecular complexity index is 397. The molecule has 0 spiro atoms. The molecule has 1 fully saturated rings. The van der Waals surface area contributed by atoms with Crippen LogP contribution in [0.1, 0.15) is 24.4 Å². The van der Waals surface area contributed by atoms with Gasteiger partial charge in [0.2, 0.25) is 0 Å². The first-order valence-corrected chi connectivity index (χ1v) is 6.59. The predicted octanol–water partition coefficient (Wildman–Crippen LogP) is 1.66. The highest BCUT2D eigenvalue weighted by Crippen LogP contribution is 2.29. The van der Waals surface area contributed by atoms with Gasteiger partial charge in [-0.25, -0.2) is 9.97 Å². The minimum Gasteiger partial charge on any atom is -0.394 e. The van der Waals surface area contributed by atoms with Crippen LogP contribution >= 0.6 is 22.6 Å².